The van der Waals surface area contributed by atoms with Gasteiger partial charge in [0, 0.05) is 6.42 Å². The summed E-state index contributed by atoms with van der Waals surface area (Å²) in [5, 5.41) is 21.0. The maximum Gasteiger partial charge on any atom is 0.416 e. The molecule has 0 radical (unpaired) electrons. The third-order valence-corrected chi connectivity index (χ3v) is 3.23. The molecule has 130 valence electrons. The fourth-order valence-corrected chi connectivity index (χ4v) is 1.92. The first-order chi connectivity index (χ1) is 11.2. The van der Waals surface area contributed by atoms with Crippen molar-refractivity contribution in [3.8, 4) is 12.3 Å². The molecule has 0 bridgehead atoms. The van der Waals surface area contributed by atoms with Crippen molar-refractivity contribution in [1.82, 2.24) is 5.32 Å². The van der Waals surface area contributed by atoms with Crippen LogP contribution in [0.15, 0.2) is 24.3 Å². The first-order valence-electron chi connectivity index (χ1n) is 6.98. The molecule has 1 aromatic rings. The first-order valence-corrected chi connectivity index (χ1v) is 6.98. The fraction of sp³-hybridized carbons (Fsp3) is 0.375. The number of amides is 1. The Kier molecular flexibility index (Phi) is 6.80. The first kappa shape index (κ1) is 19.5. The molecule has 0 unspecified atom stereocenters. The number of halogens is 3. The van der Waals surface area contributed by atoms with Gasteiger partial charge in [0.1, 0.15) is 6.04 Å². The monoisotopic (exact) mass is 343 g/mol. The van der Waals surface area contributed by atoms with Crippen molar-refractivity contribution in [2.24, 2.45) is 0 Å². The molecule has 0 aliphatic rings. The maximum absolute atomic E-state index is 12.5. The highest BCUT2D eigenvalue weighted by molar-refractivity contribution is 5.86. The van der Waals surface area contributed by atoms with Crippen LogP contribution in [0, 0.1) is 12.3 Å². The molecule has 1 amide bonds. The van der Waals surface area contributed by atoms with Crippen molar-refractivity contribution in [2.75, 3.05) is 0 Å². The second-order valence-corrected chi connectivity index (χ2v) is 5.02. The molecule has 5 nitrogen and oxygen atoms in total. The number of aliphatic hydroxyl groups excluding tert-OH is 1. The van der Waals surface area contributed by atoms with E-state index in [0.717, 1.165) is 24.3 Å². The Labute approximate surface area is 136 Å². The quantitative estimate of drug-likeness (QED) is 0.523. The number of carbonyl (C=O) groups is 2. The van der Waals surface area contributed by atoms with Crippen LogP contribution in [0.1, 0.15) is 36.5 Å². The van der Waals surface area contributed by atoms with Gasteiger partial charge in [-0.3, -0.25) is 4.79 Å². The van der Waals surface area contributed by atoms with Crippen LogP contribution in [0.2, 0.25) is 0 Å². The van der Waals surface area contributed by atoms with Crippen LogP contribution in [-0.4, -0.2) is 28.1 Å². The lowest BCUT2D eigenvalue weighted by atomic mass is 10.0. The van der Waals surface area contributed by atoms with Crippen LogP contribution < -0.4 is 5.32 Å². The molecule has 1 aromatic carbocycles. The largest absolute Gasteiger partial charge is 0.480 e. The standard InChI is InChI=1S/C16H16F3NO4/c1-2-3-4-5-12(15(23)24)20-14(22)13(21)10-6-8-11(9-7-10)16(17,18)19/h1,6-9,12-13,21H,3-5H2,(H,20,22)(H,23,24)/t12-,13+/m1/s1. The molecule has 0 saturated heterocycles. The lowest BCUT2D eigenvalue weighted by Crippen LogP contribution is -2.43. The van der Waals surface area contributed by atoms with E-state index in [0.29, 0.717) is 12.8 Å². The fourth-order valence-electron chi connectivity index (χ4n) is 1.92. The molecule has 24 heavy (non-hydrogen) atoms. The summed E-state index contributed by atoms with van der Waals surface area (Å²) in [6.45, 7) is 0. The van der Waals surface area contributed by atoms with Gasteiger partial charge in [0.15, 0.2) is 6.10 Å². The topological polar surface area (TPSA) is 86.6 Å². The summed E-state index contributed by atoms with van der Waals surface area (Å²) in [5.41, 5.74) is -0.996. The Morgan fingerprint density at radius 2 is 1.83 bits per heavy atom. The number of rotatable bonds is 7. The highest BCUT2D eigenvalue weighted by Gasteiger charge is 2.31. The minimum Gasteiger partial charge on any atom is -0.480 e. The number of nitrogens with one attached hydrogen (secondary N) is 1. The van der Waals surface area contributed by atoms with Gasteiger partial charge in [-0.1, -0.05) is 12.1 Å². The maximum atomic E-state index is 12.5. The number of aliphatic hydroxyl groups is 1. The summed E-state index contributed by atoms with van der Waals surface area (Å²) >= 11 is 0. The summed E-state index contributed by atoms with van der Waals surface area (Å²) in [4.78, 5) is 23.0. The predicted octanol–water partition coefficient (Wildman–Crippen LogP) is 2.11. The highest BCUT2D eigenvalue weighted by Crippen LogP contribution is 2.29. The zero-order chi connectivity index (χ0) is 18.3. The van der Waals surface area contributed by atoms with E-state index in [4.69, 9.17) is 11.5 Å². The van der Waals surface area contributed by atoms with Crippen molar-refractivity contribution in [3.63, 3.8) is 0 Å². The van der Waals surface area contributed by atoms with Gasteiger partial charge in [-0.15, -0.1) is 12.3 Å². The Bertz CT molecular complexity index is 620. The molecular formula is C16H16F3NO4. The lowest BCUT2D eigenvalue weighted by Gasteiger charge is -2.17. The number of benzene rings is 1. The number of hydrogen-bond acceptors (Lipinski definition) is 3. The van der Waals surface area contributed by atoms with E-state index < -0.39 is 35.8 Å². The third-order valence-electron chi connectivity index (χ3n) is 3.23. The third kappa shape index (κ3) is 5.59. The number of alkyl halides is 3. The van der Waals surface area contributed by atoms with Gasteiger partial charge in [-0.25, -0.2) is 4.79 Å². The molecule has 2 atom stereocenters. The van der Waals surface area contributed by atoms with Crippen molar-refractivity contribution < 1.29 is 33.0 Å². The summed E-state index contributed by atoms with van der Waals surface area (Å²) in [5.74, 6) is 0.0315. The molecule has 3 N–H and O–H groups in total. The average molecular weight is 343 g/mol. The summed E-state index contributed by atoms with van der Waals surface area (Å²) in [6.07, 6.45) is -0.478. The van der Waals surface area contributed by atoms with E-state index in [-0.39, 0.29) is 12.0 Å². The molecule has 0 fully saturated rings. The van der Waals surface area contributed by atoms with Crippen LogP contribution in [-0.2, 0) is 15.8 Å². The van der Waals surface area contributed by atoms with Crippen molar-refractivity contribution in [2.45, 2.75) is 37.6 Å². The highest BCUT2D eigenvalue weighted by atomic mass is 19.4. The van der Waals surface area contributed by atoms with Crippen LogP contribution in [0.5, 0.6) is 0 Å². The van der Waals surface area contributed by atoms with E-state index in [1.54, 1.807) is 0 Å². The molecule has 0 aliphatic heterocycles. The second kappa shape index (κ2) is 8.36. The smallest absolute Gasteiger partial charge is 0.416 e. The number of carboxylic acids is 1. The lowest BCUT2D eigenvalue weighted by molar-refractivity contribution is -0.143. The Balaban J connectivity index is 2.75. The molecule has 0 heterocycles. The van der Waals surface area contributed by atoms with Crippen LogP contribution in [0.3, 0.4) is 0 Å². The summed E-state index contributed by atoms with van der Waals surface area (Å²) < 4.78 is 37.4. The van der Waals surface area contributed by atoms with E-state index in [1.165, 1.54) is 0 Å². The number of carbonyl (C=O) groups excluding carboxylic acids is 1. The van der Waals surface area contributed by atoms with Crippen LogP contribution in [0.4, 0.5) is 13.2 Å². The van der Waals surface area contributed by atoms with Gasteiger partial charge in [0.25, 0.3) is 5.91 Å². The minimum atomic E-state index is -4.53. The van der Waals surface area contributed by atoms with Gasteiger partial charge >= 0.3 is 12.1 Å². The van der Waals surface area contributed by atoms with E-state index in [9.17, 15) is 27.9 Å². The van der Waals surface area contributed by atoms with Gasteiger partial charge in [-0.2, -0.15) is 13.2 Å². The van der Waals surface area contributed by atoms with Crippen LogP contribution >= 0.6 is 0 Å². The van der Waals surface area contributed by atoms with E-state index in [2.05, 4.69) is 11.2 Å². The number of carboxylic acid groups (broad SMARTS) is 1. The Hall–Kier alpha value is -2.53. The average Bonchev–Trinajstić information content (AvgIpc) is 2.52. The number of terminal acetylenes is 1. The predicted molar refractivity (Wildman–Crippen MR) is 78.7 cm³/mol. The SMILES string of the molecule is C#CCCC[C@@H](NC(=O)[C@@H](O)c1ccc(C(F)(F)F)cc1)C(=O)O. The second-order valence-electron chi connectivity index (χ2n) is 5.02. The summed E-state index contributed by atoms with van der Waals surface area (Å²) in [7, 11) is 0. The van der Waals surface area contributed by atoms with E-state index >= 15 is 0 Å². The van der Waals surface area contributed by atoms with Crippen molar-refractivity contribution in [1.29, 1.82) is 0 Å². The molecular weight excluding hydrogens is 327 g/mol. The molecule has 0 aliphatic carbocycles. The van der Waals surface area contributed by atoms with E-state index in [1.807, 2.05) is 0 Å². The normalized spacial score (nSPS) is 13.6. The molecule has 8 heteroatoms. The molecule has 0 spiro atoms. The minimum absolute atomic E-state index is 0.0744. The van der Waals surface area contributed by atoms with Crippen molar-refractivity contribution in [3.05, 3.63) is 35.4 Å². The molecule has 1 rings (SSSR count). The Morgan fingerprint density at radius 3 is 2.29 bits per heavy atom. The molecule has 0 saturated carbocycles. The van der Waals surface area contributed by atoms with Gasteiger partial charge in [-0.05, 0) is 30.5 Å². The number of aliphatic carboxylic acids is 1. The summed E-state index contributed by atoms with van der Waals surface area (Å²) in [6, 6.07) is 2.14. The van der Waals surface area contributed by atoms with Gasteiger partial charge in [0.2, 0.25) is 0 Å². The van der Waals surface area contributed by atoms with Gasteiger partial charge < -0.3 is 15.5 Å². The van der Waals surface area contributed by atoms with Gasteiger partial charge in [0.05, 0.1) is 5.56 Å². The zero-order valence-corrected chi connectivity index (χ0v) is 12.5. The van der Waals surface area contributed by atoms with Crippen molar-refractivity contribution >= 4 is 11.9 Å². The number of hydrogen-bond donors (Lipinski definition) is 3. The van der Waals surface area contributed by atoms with Crippen LogP contribution in [0.25, 0.3) is 0 Å². The zero-order valence-electron chi connectivity index (χ0n) is 12.5. The Morgan fingerprint density at radius 1 is 1.25 bits per heavy atom. The molecule has 0 aromatic heterocycles. The number of unbranched alkanes of at least 4 members (excludes halogenated alkanes) is 1.